The molecule has 162 valence electrons. The first kappa shape index (κ1) is 23.9. The monoisotopic (exact) mass is 525 g/mol. The number of benzene rings is 2. The fourth-order valence-corrected chi connectivity index (χ4v) is 3.30. The molecule has 0 saturated carbocycles. The van der Waals surface area contributed by atoms with Crippen molar-refractivity contribution in [2.75, 3.05) is 42.9 Å². The maximum atomic E-state index is 13.1. The Morgan fingerprint density at radius 3 is 2.37 bits per heavy atom. The molecule has 8 heteroatoms. The van der Waals surface area contributed by atoms with Crippen molar-refractivity contribution in [3.05, 3.63) is 59.4 Å². The number of guanidine groups is 1. The SMILES string of the molecule is Cc1ccc(NC(N)=NCCC(=O)N2CCN(c3ccc(F)cc3)CC2)cc1C.I. The van der Waals surface area contributed by atoms with Crippen molar-refractivity contribution < 1.29 is 9.18 Å². The highest BCUT2D eigenvalue weighted by atomic mass is 127. The molecule has 2 aromatic rings. The minimum atomic E-state index is -0.241. The Balaban J connectivity index is 0.00000320. The van der Waals surface area contributed by atoms with E-state index in [-0.39, 0.29) is 35.7 Å². The van der Waals surface area contributed by atoms with Gasteiger partial charge in [-0.2, -0.15) is 0 Å². The van der Waals surface area contributed by atoms with Crippen molar-refractivity contribution in [3.63, 3.8) is 0 Å². The van der Waals surface area contributed by atoms with E-state index in [1.165, 1.54) is 23.3 Å². The Hall–Kier alpha value is -2.36. The molecule has 0 radical (unpaired) electrons. The molecular formula is C22H29FIN5O. The van der Waals surface area contributed by atoms with Crippen molar-refractivity contribution in [1.29, 1.82) is 0 Å². The lowest BCUT2D eigenvalue weighted by Crippen LogP contribution is -2.48. The molecule has 0 bridgehead atoms. The molecule has 3 N–H and O–H groups in total. The molecule has 0 spiro atoms. The van der Waals surface area contributed by atoms with Gasteiger partial charge in [0.15, 0.2) is 5.96 Å². The second-order valence-electron chi connectivity index (χ2n) is 7.29. The van der Waals surface area contributed by atoms with Crippen molar-refractivity contribution in [2.24, 2.45) is 10.7 Å². The van der Waals surface area contributed by atoms with E-state index in [0.29, 0.717) is 32.0 Å². The van der Waals surface area contributed by atoms with E-state index in [9.17, 15) is 9.18 Å². The molecule has 0 unspecified atom stereocenters. The summed E-state index contributed by atoms with van der Waals surface area (Å²) in [5.74, 6) is 0.142. The molecule has 2 aromatic carbocycles. The molecule has 0 aromatic heterocycles. The number of rotatable bonds is 5. The van der Waals surface area contributed by atoms with Crippen LogP contribution in [0.4, 0.5) is 15.8 Å². The van der Waals surface area contributed by atoms with Gasteiger partial charge in [0.05, 0.1) is 6.54 Å². The van der Waals surface area contributed by atoms with Gasteiger partial charge in [0.2, 0.25) is 5.91 Å². The average molecular weight is 525 g/mol. The normalized spacial score (nSPS) is 14.3. The number of anilines is 2. The zero-order valence-corrected chi connectivity index (χ0v) is 19.7. The van der Waals surface area contributed by atoms with Gasteiger partial charge >= 0.3 is 0 Å². The van der Waals surface area contributed by atoms with Crippen LogP contribution in [0.5, 0.6) is 0 Å². The van der Waals surface area contributed by atoms with Crippen molar-refractivity contribution >= 4 is 47.2 Å². The van der Waals surface area contributed by atoms with Gasteiger partial charge in [-0.05, 0) is 61.4 Å². The highest BCUT2D eigenvalue weighted by molar-refractivity contribution is 14.0. The summed E-state index contributed by atoms with van der Waals surface area (Å²) >= 11 is 0. The molecule has 1 amide bonds. The van der Waals surface area contributed by atoms with Crippen LogP contribution < -0.4 is 16.0 Å². The molecule has 1 heterocycles. The van der Waals surface area contributed by atoms with Gasteiger partial charge in [0.25, 0.3) is 0 Å². The molecule has 1 fully saturated rings. The smallest absolute Gasteiger partial charge is 0.224 e. The Morgan fingerprint density at radius 2 is 1.73 bits per heavy atom. The van der Waals surface area contributed by atoms with Gasteiger partial charge in [0, 0.05) is 44.0 Å². The predicted octanol–water partition coefficient (Wildman–Crippen LogP) is 3.53. The standard InChI is InChI=1S/C22H28FN5O.HI/c1-16-3-6-19(15-17(16)2)26-22(24)25-10-9-21(29)28-13-11-27(12-14-28)20-7-4-18(23)5-8-20;/h3-8,15H,9-14H2,1-2H3,(H3,24,25,26);1H. The molecule has 30 heavy (non-hydrogen) atoms. The first-order valence-corrected chi connectivity index (χ1v) is 9.85. The number of nitrogens with zero attached hydrogens (tertiary/aromatic N) is 3. The van der Waals surface area contributed by atoms with E-state index in [0.717, 1.165) is 24.5 Å². The number of nitrogens with two attached hydrogens (primary N) is 1. The van der Waals surface area contributed by atoms with Crippen LogP contribution in [0.25, 0.3) is 0 Å². The fourth-order valence-electron chi connectivity index (χ4n) is 3.30. The maximum absolute atomic E-state index is 13.1. The van der Waals surface area contributed by atoms with Crippen molar-refractivity contribution in [2.45, 2.75) is 20.3 Å². The van der Waals surface area contributed by atoms with E-state index >= 15 is 0 Å². The first-order valence-electron chi connectivity index (χ1n) is 9.85. The number of hydrogen-bond donors (Lipinski definition) is 2. The number of hydrogen-bond acceptors (Lipinski definition) is 3. The first-order chi connectivity index (χ1) is 13.9. The third-order valence-corrected chi connectivity index (χ3v) is 5.21. The summed E-state index contributed by atoms with van der Waals surface area (Å²) in [6, 6.07) is 12.5. The van der Waals surface area contributed by atoms with Gasteiger partial charge in [-0.15, -0.1) is 24.0 Å². The lowest BCUT2D eigenvalue weighted by molar-refractivity contribution is -0.131. The van der Waals surface area contributed by atoms with Crippen molar-refractivity contribution in [3.8, 4) is 0 Å². The molecular weight excluding hydrogens is 496 g/mol. The Morgan fingerprint density at radius 1 is 1.07 bits per heavy atom. The van der Waals surface area contributed by atoms with Crippen LogP contribution in [0.3, 0.4) is 0 Å². The summed E-state index contributed by atoms with van der Waals surface area (Å²) in [4.78, 5) is 20.7. The van der Waals surface area contributed by atoms with E-state index in [1.807, 2.05) is 30.0 Å². The summed E-state index contributed by atoms with van der Waals surface area (Å²) in [5.41, 5.74) is 10.2. The third kappa shape index (κ3) is 6.58. The van der Waals surface area contributed by atoms with E-state index in [1.54, 1.807) is 12.1 Å². The summed E-state index contributed by atoms with van der Waals surface area (Å²) in [6.45, 7) is 7.21. The number of aliphatic imine (C=N–C) groups is 1. The van der Waals surface area contributed by atoms with E-state index in [2.05, 4.69) is 22.1 Å². The molecule has 1 aliphatic rings. The fraction of sp³-hybridized carbons (Fsp3) is 0.364. The molecule has 0 atom stereocenters. The zero-order valence-electron chi connectivity index (χ0n) is 17.4. The van der Waals surface area contributed by atoms with Crippen molar-refractivity contribution in [1.82, 2.24) is 4.90 Å². The van der Waals surface area contributed by atoms with E-state index < -0.39 is 0 Å². The van der Waals surface area contributed by atoms with Crippen LogP contribution in [0, 0.1) is 19.7 Å². The number of nitrogens with one attached hydrogen (secondary N) is 1. The summed E-state index contributed by atoms with van der Waals surface area (Å²) < 4.78 is 13.1. The summed E-state index contributed by atoms with van der Waals surface area (Å²) in [5, 5.41) is 3.06. The molecule has 3 rings (SSSR count). The largest absolute Gasteiger partial charge is 0.370 e. The van der Waals surface area contributed by atoms with Gasteiger partial charge in [-0.25, -0.2) is 4.39 Å². The van der Waals surface area contributed by atoms with Crippen LogP contribution in [-0.4, -0.2) is 49.5 Å². The lowest BCUT2D eigenvalue weighted by Gasteiger charge is -2.36. The number of carbonyl (C=O) groups excluding carboxylic acids is 1. The topological polar surface area (TPSA) is 74.0 Å². The predicted molar refractivity (Wildman–Crippen MR) is 131 cm³/mol. The van der Waals surface area contributed by atoms with Crippen LogP contribution in [0.15, 0.2) is 47.5 Å². The van der Waals surface area contributed by atoms with Crippen LogP contribution >= 0.6 is 24.0 Å². The maximum Gasteiger partial charge on any atom is 0.224 e. The number of amides is 1. The molecule has 6 nitrogen and oxygen atoms in total. The number of piperazine rings is 1. The third-order valence-electron chi connectivity index (χ3n) is 5.21. The van der Waals surface area contributed by atoms with E-state index in [4.69, 9.17) is 5.73 Å². The van der Waals surface area contributed by atoms with Crippen LogP contribution in [0.1, 0.15) is 17.5 Å². The second-order valence-corrected chi connectivity index (χ2v) is 7.29. The Kier molecular flexibility index (Phi) is 8.88. The molecule has 0 aliphatic carbocycles. The molecule has 1 saturated heterocycles. The highest BCUT2D eigenvalue weighted by Gasteiger charge is 2.20. The number of halogens is 2. The Bertz CT molecular complexity index is 880. The zero-order chi connectivity index (χ0) is 20.8. The average Bonchev–Trinajstić information content (AvgIpc) is 2.71. The highest BCUT2D eigenvalue weighted by Crippen LogP contribution is 2.17. The second kappa shape index (κ2) is 11.1. The van der Waals surface area contributed by atoms with Gasteiger partial charge in [0.1, 0.15) is 5.82 Å². The van der Waals surface area contributed by atoms with Crippen LogP contribution in [0.2, 0.25) is 0 Å². The van der Waals surface area contributed by atoms with Gasteiger partial charge < -0.3 is 20.9 Å². The number of carbonyl (C=O) groups is 1. The minimum absolute atomic E-state index is 0. The van der Waals surface area contributed by atoms with Gasteiger partial charge in [-0.1, -0.05) is 6.07 Å². The van der Waals surface area contributed by atoms with Gasteiger partial charge in [-0.3, -0.25) is 9.79 Å². The summed E-state index contributed by atoms with van der Waals surface area (Å²) in [7, 11) is 0. The summed E-state index contributed by atoms with van der Waals surface area (Å²) in [6.07, 6.45) is 0.325. The Labute approximate surface area is 194 Å². The number of aryl methyl sites for hydroxylation is 2. The molecule has 1 aliphatic heterocycles. The lowest BCUT2D eigenvalue weighted by atomic mass is 10.1. The van der Waals surface area contributed by atoms with Crippen LogP contribution in [-0.2, 0) is 4.79 Å². The quantitative estimate of drug-likeness (QED) is 0.356. The minimum Gasteiger partial charge on any atom is -0.370 e.